The van der Waals surface area contributed by atoms with E-state index in [0.29, 0.717) is 23.3 Å². The van der Waals surface area contributed by atoms with Gasteiger partial charge in [0.15, 0.2) is 11.0 Å². The number of nitrogens with zero attached hydrogens (tertiary/aromatic N) is 3. The number of thioether (sulfide) groups is 1. The second-order valence-corrected chi connectivity index (χ2v) is 8.07. The summed E-state index contributed by atoms with van der Waals surface area (Å²) in [6.07, 6.45) is 1.79. The van der Waals surface area contributed by atoms with Crippen LogP contribution >= 0.6 is 23.4 Å². The molecular weight excluding hydrogens is 418 g/mol. The van der Waals surface area contributed by atoms with E-state index in [0.717, 1.165) is 28.3 Å². The van der Waals surface area contributed by atoms with Crippen molar-refractivity contribution in [2.45, 2.75) is 32.1 Å². The Morgan fingerprint density at radius 2 is 1.93 bits per heavy atom. The minimum atomic E-state index is -0.0864. The van der Waals surface area contributed by atoms with Gasteiger partial charge in [-0.25, -0.2) is 0 Å². The van der Waals surface area contributed by atoms with Gasteiger partial charge in [0.05, 0.1) is 12.3 Å². The number of carbonyl (C=O) groups excluding carboxylic acids is 1. The highest BCUT2D eigenvalue weighted by molar-refractivity contribution is 7.99. The molecule has 3 rings (SSSR count). The first-order valence-electron chi connectivity index (χ1n) is 9.50. The van der Waals surface area contributed by atoms with Gasteiger partial charge in [-0.1, -0.05) is 53.7 Å². The molecule has 0 aliphatic heterocycles. The number of nitrogens with one attached hydrogen (secondary N) is 2. The zero-order valence-corrected chi connectivity index (χ0v) is 18.6. The van der Waals surface area contributed by atoms with Crippen LogP contribution in [0.2, 0.25) is 5.02 Å². The Bertz CT molecular complexity index is 1050. The summed E-state index contributed by atoms with van der Waals surface area (Å²) in [6.45, 7) is 8.79. The average Bonchev–Trinajstić information content (AvgIpc) is 3.11. The number of aromatic nitrogens is 3. The minimum Gasteiger partial charge on any atom is -0.377 e. The summed E-state index contributed by atoms with van der Waals surface area (Å²) in [5.41, 5.74) is 3.77. The maximum Gasteiger partial charge on any atom is 0.234 e. The van der Waals surface area contributed by atoms with Gasteiger partial charge in [0, 0.05) is 22.9 Å². The molecule has 1 heterocycles. The van der Waals surface area contributed by atoms with E-state index in [4.69, 9.17) is 11.6 Å². The summed E-state index contributed by atoms with van der Waals surface area (Å²) in [4.78, 5) is 12.4. The van der Waals surface area contributed by atoms with Crippen molar-refractivity contribution in [3.05, 3.63) is 77.1 Å². The lowest BCUT2D eigenvalue weighted by Gasteiger charge is -2.12. The molecular formula is C22H24ClN5OS. The van der Waals surface area contributed by atoms with Crippen LogP contribution in [0, 0.1) is 13.8 Å². The van der Waals surface area contributed by atoms with Crippen molar-refractivity contribution >= 4 is 40.6 Å². The Morgan fingerprint density at radius 1 is 1.17 bits per heavy atom. The fourth-order valence-corrected chi connectivity index (χ4v) is 3.81. The summed E-state index contributed by atoms with van der Waals surface area (Å²) in [6, 6.07) is 13.4. The normalized spacial score (nSPS) is 10.6. The van der Waals surface area contributed by atoms with E-state index in [1.54, 1.807) is 6.08 Å². The Balaban J connectivity index is 1.65. The third-order valence-corrected chi connectivity index (χ3v) is 5.94. The quantitative estimate of drug-likeness (QED) is 0.358. The number of amides is 1. The second kappa shape index (κ2) is 10.3. The molecule has 0 bridgehead atoms. The van der Waals surface area contributed by atoms with E-state index in [9.17, 15) is 4.79 Å². The Hall–Kier alpha value is -2.77. The Labute approximate surface area is 185 Å². The fraction of sp³-hybridized carbons (Fsp3) is 0.227. The second-order valence-electron chi connectivity index (χ2n) is 6.72. The molecule has 0 saturated carbocycles. The number of anilines is 2. The van der Waals surface area contributed by atoms with E-state index in [-0.39, 0.29) is 11.7 Å². The van der Waals surface area contributed by atoms with E-state index >= 15 is 0 Å². The number of rotatable bonds is 9. The molecule has 156 valence electrons. The number of halogens is 1. The van der Waals surface area contributed by atoms with Gasteiger partial charge in [-0.15, -0.1) is 16.8 Å². The van der Waals surface area contributed by atoms with Crippen molar-refractivity contribution in [2.24, 2.45) is 0 Å². The van der Waals surface area contributed by atoms with Crippen LogP contribution in [0.3, 0.4) is 0 Å². The molecule has 0 fully saturated rings. The topological polar surface area (TPSA) is 71.8 Å². The molecule has 1 aromatic heterocycles. The summed E-state index contributed by atoms with van der Waals surface area (Å²) in [5, 5.41) is 16.2. The zero-order valence-electron chi connectivity index (χ0n) is 17.0. The highest BCUT2D eigenvalue weighted by Gasteiger charge is 2.14. The largest absolute Gasteiger partial charge is 0.377 e. The molecule has 8 heteroatoms. The van der Waals surface area contributed by atoms with Gasteiger partial charge >= 0.3 is 0 Å². The number of aryl methyl sites for hydroxylation is 1. The van der Waals surface area contributed by atoms with Crippen molar-refractivity contribution in [2.75, 3.05) is 16.4 Å². The first-order chi connectivity index (χ1) is 14.5. The molecule has 3 aromatic rings. The zero-order chi connectivity index (χ0) is 21.5. The molecule has 0 saturated heterocycles. The van der Waals surface area contributed by atoms with Gasteiger partial charge in [-0.2, -0.15) is 0 Å². The predicted molar refractivity (Wildman–Crippen MR) is 124 cm³/mol. The highest BCUT2D eigenvalue weighted by Crippen LogP contribution is 2.24. The fourth-order valence-electron chi connectivity index (χ4n) is 2.87. The number of para-hydroxylation sites is 1. The van der Waals surface area contributed by atoms with Gasteiger partial charge in [0.25, 0.3) is 0 Å². The van der Waals surface area contributed by atoms with E-state index in [2.05, 4.69) is 27.4 Å². The maximum atomic E-state index is 12.4. The molecule has 2 N–H and O–H groups in total. The van der Waals surface area contributed by atoms with Crippen LogP contribution in [0.5, 0.6) is 0 Å². The third kappa shape index (κ3) is 5.43. The molecule has 0 atom stereocenters. The molecule has 0 unspecified atom stereocenters. The van der Waals surface area contributed by atoms with Crippen LogP contribution in [0.15, 0.2) is 60.3 Å². The van der Waals surface area contributed by atoms with Crippen molar-refractivity contribution in [1.29, 1.82) is 0 Å². The summed E-state index contributed by atoms with van der Waals surface area (Å²) in [7, 11) is 0. The lowest BCUT2D eigenvalue weighted by atomic mass is 10.2. The molecule has 6 nitrogen and oxygen atoms in total. The SMILES string of the molecule is C=CCn1c(CNc2cccc(Cl)c2C)nnc1SCC(=O)Nc1ccccc1C. The Kier molecular flexibility index (Phi) is 7.54. The molecule has 1 amide bonds. The van der Waals surface area contributed by atoms with E-state index in [1.165, 1.54) is 11.8 Å². The number of allylic oxidation sites excluding steroid dienone is 1. The molecule has 0 aliphatic carbocycles. The highest BCUT2D eigenvalue weighted by atomic mass is 35.5. The summed E-state index contributed by atoms with van der Waals surface area (Å²) >= 11 is 7.54. The van der Waals surface area contributed by atoms with Gasteiger partial charge < -0.3 is 15.2 Å². The standard InChI is InChI=1S/C22H24ClN5OS/c1-4-12-28-20(13-24-19-11-7-9-17(23)16(19)3)26-27-22(28)30-14-21(29)25-18-10-6-5-8-15(18)2/h4-11,24H,1,12-14H2,2-3H3,(H,25,29). The third-order valence-electron chi connectivity index (χ3n) is 4.56. The maximum absolute atomic E-state index is 12.4. The van der Waals surface area contributed by atoms with E-state index < -0.39 is 0 Å². The van der Waals surface area contributed by atoms with Crippen LogP contribution in [0.25, 0.3) is 0 Å². The van der Waals surface area contributed by atoms with Gasteiger partial charge in [-0.05, 0) is 43.2 Å². The van der Waals surface area contributed by atoms with Crippen LogP contribution in [0.4, 0.5) is 11.4 Å². The van der Waals surface area contributed by atoms with Gasteiger partial charge in [0.1, 0.15) is 0 Å². The van der Waals surface area contributed by atoms with Gasteiger partial charge in [-0.3, -0.25) is 4.79 Å². The van der Waals surface area contributed by atoms with Crippen LogP contribution in [-0.4, -0.2) is 26.4 Å². The number of benzene rings is 2. The number of carbonyl (C=O) groups is 1. The Morgan fingerprint density at radius 3 is 2.70 bits per heavy atom. The predicted octanol–water partition coefficient (Wildman–Crippen LogP) is 5.08. The number of hydrogen-bond donors (Lipinski definition) is 2. The van der Waals surface area contributed by atoms with Crippen molar-refractivity contribution in [1.82, 2.24) is 14.8 Å². The summed E-state index contributed by atoms with van der Waals surface area (Å²) < 4.78 is 1.95. The van der Waals surface area contributed by atoms with Crippen molar-refractivity contribution in [3.63, 3.8) is 0 Å². The monoisotopic (exact) mass is 441 g/mol. The first kappa shape index (κ1) is 21.9. The molecule has 0 spiro atoms. The number of hydrogen-bond acceptors (Lipinski definition) is 5. The lowest BCUT2D eigenvalue weighted by Crippen LogP contribution is -2.15. The van der Waals surface area contributed by atoms with Crippen LogP contribution < -0.4 is 10.6 Å². The smallest absolute Gasteiger partial charge is 0.234 e. The average molecular weight is 442 g/mol. The molecule has 0 radical (unpaired) electrons. The molecule has 30 heavy (non-hydrogen) atoms. The van der Waals surface area contributed by atoms with Crippen LogP contribution in [-0.2, 0) is 17.9 Å². The van der Waals surface area contributed by atoms with Crippen LogP contribution in [0.1, 0.15) is 17.0 Å². The van der Waals surface area contributed by atoms with Gasteiger partial charge in [0.2, 0.25) is 5.91 Å². The molecule has 2 aromatic carbocycles. The first-order valence-corrected chi connectivity index (χ1v) is 10.9. The van der Waals surface area contributed by atoms with Crippen molar-refractivity contribution in [3.8, 4) is 0 Å². The van der Waals surface area contributed by atoms with Crippen molar-refractivity contribution < 1.29 is 4.79 Å². The lowest BCUT2D eigenvalue weighted by molar-refractivity contribution is -0.113. The molecule has 0 aliphatic rings. The minimum absolute atomic E-state index is 0.0864. The van der Waals surface area contributed by atoms with E-state index in [1.807, 2.05) is 60.9 Å². The summed E-state index contributed by atoms with van der Waals surface area (Å²) in [5.74, 6) is 0.914.